The minimum absolute atomic E-state index is 0.162. The number of anilines is 1. The van der Waals surface area contributed by atoms with E-state index in [4.69, 9.17) is 0 Å². The fraction of sp³-hybridized carbons (Fsp3) is 0.455. The van der Waals surface area contributed by atoms with Crippen molar-refractivity contribution < 1.29 is 4.92 Å². The number of nitro groups is 1. The van der Waals surface area contributed by atoms with Gasteiger partial charge in [-0.15, -0.1) is 0 Å². The number of nitro benzene ring substituents is 1. The summed E-state index contributed by atoms with van der Waals surface area (Å²) in [6.45, 7) is 0.791. The van der Waals surface area contributed by atoms with Crippen molar-refractivity contribution >= 4 is 57.5 Å². The van der Waals surface area contributed by atoms with E-state index in [0.29, 0.717) is 10.9 Å². The van der Waals surface area contributed by atoms with Crippen LogP contribution in [-0.2, 0) is 0 Å². The van der Waals surface area contributed by atoms with Crippen LogP contribution in [0.2, 0.25) is 0 Å². The van der Waals surface area contributed by atoms with Crippen LogP contribution in [0.15, 0.2) is 18.2 Å². The van der Waals surface area contributed by atoms with Crippen molar-refractivity contribution in [2.24, 2.45) is 0 Å². The third-order valence-corrected chi connectivity index (χ3v) is 6.08. The molecule has 1 N–H and O–H groups in total. The molecule has 1 aliphatic heterocycles. The summed E-state index contributed by atoms with van der Waals surface area (Å²) in [5.74, 6) is 3.51. The minimum Gasteiger partial charge on any atom is -0.378 e. The summed E-state index contributed by atoms with van der Waals surface area (Å²) in [6.07, 6.45) is 0. The van der Waals surface area contributed by atoms with Crippen LogP contribution >= 0.6 is 46.1 Å². The molecule has 0 radical (unpaired) electrons. The first-order valence-electron chi connectivity index (χ1n) is 5.54. The van der Waals surface area contributed by atoms with Gasteiger partial charge < -0.3 is 5.32 Å². The van der Waals surface area contributed by atoms with Crippen LogP contribution in [0.5, 0.6) is 0 Å². The molecule has 1 heterocycles. The number of thioether (sulfide) groups is 2. The summed E-state index contributed by atoms with van der Waals surface area (Å²) in [5, 5.41) is 14.7. The molecule has 98 valence electrons. The smallest absolute Gasteiger partial charge is 0.293 e. The quantitative estimate of drug-likeness (QED) is 0.480. The van der Waals surface area contributed by atoms with Crippen molar-refractivity contribution in [3.05, 3.63) is 31.9 Å². The number of hydrogen-bond donors (Lipinski definition) is 1. The highest BCUT2D eigenvalue weighted by Crippen LogP contribution is 2.28. The Labute approximate surface area is 128 Å². The molecular weight excluding hydrogens is 383 g/mol. The molecule has 1 unspecified atom stereocenters. The Morgan fingerprint density at radius 3 is 3.00 bits per heavy atom. The number of nitrogens with one attached hydrogen (secondary N) is 1. The molecule has 4 nitrogen and oxygen atoms in total. The van der Waals surface area contributed by atoms with Gasteiger partial charge in [0.25, 0.3) is 5.69 Å². The first kappa shape index (κ1) is 14.3. The van der Waals surface area contributed by atoms with Gasteiger partial charge in [0.05, 0.1) is 4.92 Å². The maximum atomic E-state index is 11.0. The molecule has 0 aromatic heterocycles. The molecule has 1 saturated heterocycles. The lowest BCUT2D eigenvalue weighted by Crippen LogP contribution is -2.23. The molecule has 0 spiro atoms. The Morgan fingerprint density at radius 2 is 2.33 bits per heavy atom. The maximum Gasteiger partial charge on any atom is 0.293 e. The molecule has 0 bridgehead atoms. The fourth-order valence-corrected chi connectivity index (χ4v) is 4.77. The Morgan fingerprint density at radius 1 is 1.50 bits per heavy atom. The van der Waals surface area contributed by atoms with E-state index in [1.54, 1.807) is 12.1 Å². The summed E-state index contributed by atoms with van der Waals surface area (Å²) in [5.41, 5.74) is 0.784. The number of halogens is 1. The third-order valence-electron chi connectivity index (χ3n) is 2.56. The second-order valence-corrected chi connectivity index (χ2v) is 7.67. The maximum absolute atomic E-state index is 11.0. The third kappa shape index (κ3) is 3.92. The molecule has 0 aliphatic carbocycles. The van der Waals surface area contributed by atoms with Gasteiger partial charge in [0.15, 0.2) is 0 Å². The lowest BCUT2D eigenvalue weighted by Gasteiger charge is -2.21. The van der Waals surface area contributed by atoms with Crippen molar-refractivity contribution in [3.63, 3.8) is 0 Å². The largest absolute Gasteiger partial charge is 0.378 e. The van der Waals surface area contributed by atoms with E-state index in [1.165, 1.54) is 11.5 Å². The second-order valence-electron chi connectivity index (χ2n) is 3.87. The van der Waals surface area contributed by atoms with Gasteiger partial charge in [-0.05, 0) is 34.7 Å². The molecule has 0 amide bonds. The van der Waals surface area contributed by atoms with Gasteiger partial charge in [-0.25, -0.2) is 0 Å². The van der Waals surface area contributed by atoms with E-state index in [9.17, 15) is 10.1 Å². The lowest BCUT2D eigenvalue weighted by molar-refractivity contribution is -0.384. The first-order chi connectivity index (χ1) is 8.66. The Kier molecular flexibility index (Phi) is 5.43. The van der Waals surface area contributed by atoms with E-state index >= 15 is 0 Å². The Balaban J connectivity index is 2.01. The van der Waals surface area contributed by atoms with Crippen molar-refractivity contribution in [3.8, 4) is 0 Å². The zero-order chi connectivity index (χ0) is 13.0. The van der Waals surface area contributed by atoms with Gasteiger partial charge in [0.2, 0.25) is 0 Å². The Bertz CT molecular complexity index is 439. The van der Waals surface area contributed by atoms with Crippen LogP contribution in [0.1, 0.15) is 0 Å². The van der Waals surface area contributed by atoms with Gasteiger partial charge in [0, 0.05) is 38.7 Å². The average Bonchev–Trinajstić information content (AvgIpc) is 2.38. The summed E-state index contributed by atoms with van der Waals surface area (Å²) in [4.78, 5) is 10.7. The average molecular weight is 396 g/mol. The van der Waals surface area contributed by atoms with Gasteiger partial charge in [-0.1, -0.05) is 0 Å². The highest BCUT2D eigenvalue weighted by Gasteiger charge is 2.17. The summed E-state index contributed by atoms with van der Waals surface area (Å²) < 4.78 is 0.882. The number of hydrogen-bond acceptors (Lipinski definition) is 5. The van der Waals surface area contributed by atoms with Crippen LogP contribution in [0.25, 0.3) is 0 Å². The number of benzene rings is 1. The van der Waals surface area contributed by atoms with Gasteiger partial charge in [0.1, 0.15) is 5.69 Å². The standard InChI is InChI=1S/C11H13IN2O2S2/c12-8-1-2-10(11(5-8)14(15)16)13-6-9-7-17-3-4-18-9/h1-2,5,9,13H,3-4,6-7H2. The van der Waals surface area contributed by atoms with Crippen LogP contribution < -0.4 is 5.32 Å². The number of rotatable bonds is 4. The van der Waals surface area contributed by atoms with Crippen molar-refractivity contribution in [2.45, 2.75) is 5.25 Å². The zero-order valence-electron chi connectivity index (χ0n) is 9.60. The van der Waals surface area contributed by atoms with Gasteiger partial charge in [-0.2, -0.15) is 23.5 Å². The molecule has 18 heavy (non-hydrogen) atoms. The van der Waals surface area contributed by atoms with E-state index in [2.05, 4.69) is 27.9 Å². The van der Waals surface area contributed by atoms with E-state index in [-0.39, 0.29) is 10.6 Å². The molecule has 0 saturated carbocycles. The van der Waals surface area contributed by atoms with E-state index in [0.717, 1.165) is 15.9 Å². The van der Waals surface area contributed by atoms with E-state index < -0.39 is 0 Å². The molecule has 1 aliphatic rings. The summed E-state index contributed by atoms with van der Waals surface area (Å²) in [7, 11) is 0. The van der Waals surface area contributed by atoms with Crippen LogP contribution in [-0.4, -0.2) is 34.0 Å². The van der Waals surface area contributed by atoms with Crippen molar-refractivity contribution in [1.82, 2.24) is 0 Å². The van der Waals surface area contributed by atoms with Gasteiger partial charge in [-0.3, -0.25) is 10.1 Å². The molecule has 1 aromatic rings. The number of nitrogens with zero attached hydrogens (tertiary/aromatic N) is 1. The molecule has 7 heteroatoms. The normalized spacial score (nSPS) is 19.5. The van der Waals surface area contributed by atoms with Crippen molar-refractivity contribution in [2.75, 3.05) is 29.1 Å². The zero-order valence-corrected chi connectivity index (χ0v) is 13.4. The van der Waals surface area contributed by atoms with Crippen LogP contribution in [0, 0.1) is 13.7 Å². The lowest BCUT2D eigenvalue weighted by atomic mass is 10.2. The van der Waals surface area contributed by atoms with Crippen LogP contribution in [0.3, 0.4) is 0 Å². The summed E-state index contributed by atoms with van der Waals surface area (Å²) in [6, 6.07) is 5.28. The minimum atomic E-state index is -0.326. The Hall–Kier alpha value is -0.150. The predicted molar refractivity (Wildman–Crippen MR) is 87.9 cm³/mol. The second kappa shape index (κ2) is 6.85. The molecule has 1 aromatic carbocycles. The molecule has 2 rings (SSSR count). The SMILES string of the molecule is O=[N+]([O-])c1cc(I)ccc1NCC1CSCCS1. The van der Waals surface area contributed by atoms with E-state index in [1.807, 2.05) is 29.6 Å². The molecule has 1 atom stereocenters. The fourth-order valence-electron chi connectivity index (χ4n) is 1.68. The van der Waals surface area contributed by atoms with Crippen molar-refractivity contribution in [1.29, 1.82) is 0 Å². The monoisotopic (exact) mass is 396 g/mol. The molecular formula is C11H13IN2O2S2. The summed E-state index contributed by atoms with van der Waals surface area (Å²) >= 11 is 5.99. The van der Waals surface area contributed by atoms with Gasteiger partial charge >= 0.3 is 0 Å². The predicted octanol–water partition coefficient (Wildman–Crippen LogP) is 3.46. The highest BCUT2D eigenvalue weighted by atomic mass is 127. The topological polar surface area (TPSA) is 55.2 Å². The van der Waals surface area contributed by atoms with Crippen LogP contribution in [0.4, 0.5) is 11.4 Å². The highest BCUT2D eigenvalue weighted by molar-refractivity contribution is 14.1. The first-order valence-corrected chi connectivity index (χ1v) is 8.82. The molecule has 1 fully saturated rings.